The van der Waals surface area contributed by atoms with Crippen molar-refractivity contribution < 1.29 is 14.6 Å². The second-order valence-electron chi connectivity index (χ2n) is 3.12. The molecule has 2 atom stereocenters. The number of benzene rings is 1. The first-order valence-electron chi connectivity index (χ1n) is 4.25. The fourth-order valence-corrected chi connectivity index (χ4v) is 1.59. The van der Waals surface area contributed by atoms with Crippen LogP contribution in [0.1, 0.15) is 17.2 Å². The Hall–Kier alpha value is -0.450. The maximum Gasteiger partial charge on any atom is 0.126 e. The lowest BCUT2D eigenvalue weighted by atomic mass is 10.00. The van der Waals surface area contributed by atoms with E-state index in [4.69, 9.17) is 0 Å². The average molecular weight is 263 g/mol. The van der Waals surface area contributed by atoms with Crippen molar-refractivity contribution in [2.45, 2.75) is 19.1 Å². The Morgan fingerprint density at radius 3 is 2.64 bits per heavy atom. The van der Waals surface area contributed by atoms with E-state index in [0.717, 1.165) is 0 Å². The van der Waals surface area contributed by atoms with Gasteiger partial charge in [-0.05, 0) is 24.1 Å². The van der Waals surface area contributed by atoms with E-state index in [1.165, 1.54) is 12.1 Å². The zero-order valence-corrected chi connectivity index (χ0v) is 9.33. The Kier molecular flexibility index (Phi) is 4.04. The van der Waals surface area contributed by atoms with Gasteiger partial charge in [0.1, 0.15) is 11.9 Å². The second-order valence-corrected chi connectivity index (χ2v) is 3.77. The van der Waals surface area contributed by atoms with Gasteiger partial charge in [0.2, 0.25) is 0 Å². The van der Waals surface area contributed by atoms with Crippen molar-refractivity contribution in [3.05, 3.63) is 35.1 Å². The van der Waals surface area contributed by atoms with Crippen molar-refractivity contribution in [3.63, 3.8) is 0 Å². The number of halogens is 2. The lowest BCUT2D eigenvalue weighted by Crippen LogP contribution is -2.20. The molecule has 2 unspecified atom stereocenters. The molecule has 0 aliphatic carbocycles. The van der Waals surface area contributed by atoms with E-state index in [-0.39, 0.29) is 11.1 Å². The molecule has 0 radical (unpaired) electrons. The normalized spacial score (nSPS) is 15.2. The Morgan fingerprint density at radius 1 is 1.43 bits per heavy atom. The molecule has 0 spiro atoms. The fourth-order valence-electron chi connectivity index (χ4n) is 1.24. The summed E-state index contributed by atoms with van der Waals surface area (Å²) in [5, 5.41) is 19.3. The first kappa shape index (κ1) is 11.6. The number of aliphatic hydroxyl groups is 2. The van der Waals surface area contributed by atoms with Gasteiger partial charge in [0.15, 0.2) is 0 Å². The summed E-state index contributed by atoms with van der Waals surface area (Å²) in [5.74, 6) is -0.372. The largest absolute Gasteiger partial charge is 0.389 e. The molecular formula is C10H12BrFO2. The number of alkyl halides is 1. The molecule has 14 heavy (non-hydrogen) atoms. The number of hydrogen-bond donors (Lipinski definition) is 2. The van der Waals surface area contributed by atoms with Crippen molar-refractivity contribution in [2.75, 3.05) is 5.33 Å². The predicted molar refractivity (Wildman–Crippen MR) is 55.9 cm³/mol. The van der Waals surface area contributed by atoms with E-state index in [9.17, 15) is 14.6 Å². The highest BCUT2D eigenvalue weighted by atomic mass is 79.9. The van der Waals surface area contributed by atoms with E-state index < -0.39 is 12.2 Å². The maximum absolute atomic E-state index is 13.1. The van der Waals surface area contributed by atoms with Crippen LogP contribution in [0.4, 0.5) is 4.39 Å². The SMILES string of the molecule is Cc1c(F)cccc1C(O)C(O)CBr. The van der Waals surface area contributed by atoms with Gasteiger partial charge in [-0.2, -0.15) is 0 Å². The van der Waals surface area contributed by atoms with Gasteiger partial charge in [0.25, 0.3) is 0 Å². The zero-order valence-electron chi connectivity index (χ0n) is 7.74. The fraction of sp³-hybridized carbons (Fsp3) is 0.400. The Morgan fingerprint density at radius 2 is 2.07 bits per heavy atom. The summed E-state index contributed by atoms with van der Waals surface area (Å²) >= 11 is 3.05. The lowest BCUT2D eigenvalue weighted by Gasteiger charge is -2.18. The molecule has 1 aromatic rings. The lowest BCUT2D eigenvalue weighted by molar-refractivity contribution is 0.0337. The van der Waals surface area contributed by atoms with Crippen LogP contribution in [0, 0.1) is 12.7 Å². The molecule has 0 aliphatic rings. The van der Waals surface area contributed by atoms with Crippen molar-refractivity contribution in [1.29, 1.82) is 0 Å². The number of hydrogen-bond acceptors (Lipinski definition) is 2. The topological polar surface area (TPSA) is 40.5 Å². The molecule has 4 heteroatoms. The molecule has 0 saturated heterocycles. The van der Waals surface area contributed by atoms with Crippen LogP contribution in [-0.2, 0) is 0 Å². The quantitative estimate of drug-likeness (QED) is 0.818. The van der Waals surface area contributed by atoms with Gasteiger partial charge in [0.05, 0.1) is 6.10 Å². The number of aliphatic hydroxyl groups excluding tert-OH is 2. The molecule has 0 bridgehead atoms. The van der Waals surface area contributed by atoms with Gasteiger partial charge in [-0.25, -0.2) is 4.39 Å². The minimum absolute atomic E-state index is 0.254. The highest BCUT2D eigenvalue weighted by Gasteiger charge is 2.19. The summed E-state index contributed by atoms with van der Waals surface area (Å²) in [7, 11) is 0. The van der Waals surface area contributed by atoms with Gasteiger partial charge in [-0.3, -0.25) is 0 Å². The number of rotatable bonds is 3. The Balaban J connectivity index is 3.01. The molecule has 2 N–H and O–H groups in total. The van der Waals surface area contributed by atoms with E-state index in [2.05, 4.69) is 15.9 Å². The predicted octanol–water partition coefficient (Wildman–Crippen LogP) is 1.92. The molecule has 0 fully saturated rings. The van der Waals surface area contributed by atoms with E-state index >= 15 is 0 Å². The van der Waals surface area contributed by atoms with E-state index in [1.807, 2.05) is 0 Å². The zero-order chi connectivity index (χ0) is 10.7. The smallest absolute Gasteiger partial charge is 0.126 e. The summed E-state index contributed by atoms with van der Waals surface area (Å²) in [6, 6.07) is 4.45. The second kappa shape index (κ2) is 4.87. The molecule has 0 aliphatic heterocycles. The van der Waals surface area contributed by atoms with Crippen LogP contribution in [-0.4, -0.2) is 21.6 Å². The van der Waals surface area contributed by atoms with Gasteiger partial charge in [-0.1, -0.05) is 28.1 Å². The van der Waals surface area contributed by atoms with Crippen LogP contribution in [0.25, 0.3) is 0 Å². The third-order valence-corrected chi connectivity index (χ3v) is 2.81. The highest BCUT2D eigenvalue weighted by Crippen LogP contribution is 2.23. The van der Waals surface area contributed by atoms with Crippen molar-refractivity contribution in [1.82, 2.24) is 0 Å². The van der Waals surface area contributed by atoms with Gasteiger partial charge >= 0.3 is 0 Å². The van der Waals surface area contributed by atoms with E-state index in [0.29, 0.717) is 11.1 Å². The van der Waals surface area contributed by atoms with Crippen LogP contribution in [0.15, 0.2) is 18.2 Å². The monoisotopic (exact) mass is 262 g/mol. The van der Waals surface area contributed by atoms with Crippen molar-refractivity contribution in [3.8, 4) is 0 Å². The molecule has 2 nitrogen and oxygen atoms in total. The van der Waals surface area contributed by atoms with Crippen LogP contribution < -0.4 is 0 Å². The molecule has 1 rings (SSSR count). The average Bonchev–Trinajstić information content (AvgIpc) is 2.20. The Labute approximate surface area is 90.5 Å². The summed E-state index contributed by atoms with van der Waals surface area (Å²) in [6.45, 7) is 1.58. The third-order valence-electron chi connectivity index (χ3n) is 2.15. The molecule has 1 aromatic carbocycles. The molecule has 0 saturated carbocycles. The summed E-state index contributed by atoms with van der Waals surface area (Å²) < 4.78 is 13.1. The first-order valence-corrected chi connectivity index (χ1v) is 5.37. The van der Waals surface area contributed by atoms with Gasteiger partial charge in [-0.15, -0.1) is 0 Å². The van der Waals surface area contributed by atoms with Crippen LogP contribution in [0.2, 0.25) is 0 Å². The highest BCUT2D eigenvalue weighted by molar-refractivity contribution is 9.09. The van der Waals surface area contributed by atoms with Gasteiger partial charge < -0.3 is 10.2 Å². The summed E-state index contributed by atoms with van der Waals surface area (Å²) in [5.41, 5.74) is 0.803. The summed E-state index contributed by atoms with van der Waals surface area (Å²) in [4.78, 5) is 0. The molecule has 0 heterocycles. The van der Waals surface area contributed by atoms with Crippen LogP contribution >= 0.6 is 15.9 Å². The standard InChI is InChI=1S/C10H12BrFO2/c1-6-7(3-2-4-8(6)12)10(14)9(13)5-11/h2-4,9-10,13-14H,5H2,1H3. The van der Waals surface area contributed by atoms with Crippen LogP contribution in [0.5, 0.6) is 0 Å². The van der Waals surface area contributed by atoms with Crippen molar-refractivity contribution >= 4 is 15.9 Å². The first-order chi connectivity index (χ1) is 6.57. The third kappa shape index (κ3) is 2.32. The molecule has 0 amide bonds. The minimum atomic E-state index is -1.05. The van der Waals surface area contributed by atoms with Crippen molar-refractivity contribution in [2.24, 2.45) is 0 Å². The van der Waals surface area contributed by atoms with E-state index in [1.54, 1.807) is 13.0 Å². The van der Waals surface area contributed by atoms with Gasteiger partial charge in [0, 0.05) is 5.33 Å². The molecule has 0 aromatic heterocycles. The molecular weight excluding hydrogens is 251 g/mol. The maximum atomic E-state index is 13.1. The minimum Gasteiger partial charge on any atom is -0.389 e. The Bertz CT molecular complexity index is 317. The molecule has 78 valence electrons. The summed E-state index contributed by atoms with van der Waals surface area (Å²) in [6.07, 6.45) is -1.97. The van der Waals surface area contributed by atoms with Crippen LogP contribution in [0.3, 0.4) is 0 Å².